The molecule has 0 atom stereocenters. The monoisotopic (exact) mass is 501 g/mol. The van der Waals surface area contributed by atoms with Crippen LogP contribution in [0, 0.1) is 5.82 Å². The predicted molar refractivity (Wildman–Crippen MR) is 130 cm³/mol. The van der Waals surface area contributed by atoms with Gasteiger partial charge >= 0.3 is 0 Å². The molecule has 11 heteroatoms. The van der Waals surface area contributed by atoms with E-state index in [4.69, 9.17) is 17.3 Å². The van der Waals surface area contributed by atoms with Crippen LogP contribution in [0.3, 0.4) is 0 Å². The van der Waals surface area contributed by atoms with E-state index in [9.17, 15) is 17.6 Å². The first-order chi connectivity index (χ1) is 16.1. The van der Waals surface area contributed by atoms with E-state index in [2.05, 4.69) is 14.7 Å². The van der Waals surface area contributed by atoms with Crippen LogP contribution in [0.4, 0.5) is 15.9 Å². The molecular weight excluding hydrogens is 481 g/mol. The molecule has 2 aromatic carbocycles. The fourth-order valence-corrected chi connectivity index (χ4v) is 5.13. The second-order valence-electron chi connectivity index (χ2n) is 7.99. The van der Waals surface area contributed by atoms with Crippen molar-refractivity contribution in [1.29, 1.82) is 0 Å². The van der Waals surface area contributed by atoms with Crippen LogP contribution in [0.1, 0.15) is 41.4 Å². The molecule has 2 heterocycles. The van der Waals surface area contributed by atoms with Gasteiger partial charge in [-0.15, -0.1) is 0 Å². The Morgan fingerprint density at radius 2 is 1.85 bits per heavy atom. The van der Waals surface area contributed by atoms with Crippen molar-refractivity contribution in [2.75, 3.05) is 10.5 Å². The fraction of sp³-hybridized carbons (Fsp3) is 0.174. The van der Waals surface area contributed by atoms with Crippen LogP contribution in [-0.4, -0.2) is 28.7 Å². The van der Waals surface area contributed by atoms with Gasteiger partial charge in [-0.1, -0.05) is 29.8 Å². The van der Waals surface area contributed by atoms with Crippen molar-refractivity contribution in [2.45, 2.75) is 25.6 Å². The minimum Gasteiger partial charge on any atom is -0.383 e. The van der Waals surface area contributed by atoms with Crippen molar-refractivity contribution in [3.63, 3.8) is 0 Å². The Kier molecular flexibility index (Phi) is 6.28. The average molecular weight is 502 g/mol. The van der Waals surface area contributed by atoms with Crippen LogP contribution in [0.15, 0.2) is 55.0 Å². The first-order valence-corrected chi connectivity index (χ1v) is 12.3. The molecule has 34 heavy (non-hydrogen) atoms. The van der Waals surface area contributed by atoms with Crippen molar-refractivity contribution < 1.29 is 17.6 Å². The van der Waals surface area contributed by atoms with Gasteiger partial charge in [0.25, 0.3) is 0 Å². The molecule has 0 spiro atoms. The van der Waals surface area contributed by atoms with Gasteiger partial charge in [0.15, 0.2) is 5.78 Å². The van der Waals surface area contributed by atoms with Crippen LogP contribution in [0.25, 0.3) is 11.0 Å². The minimum absolute atomic E-state index is 0.00146. The molecule has 4 rings (SSSR count). The number of ketones is 1. The summed E-state index contributed by atoms with van der Waals surface area (Å²) in [5.41, 5.74) is 7.36. The average Bonchev–Trinajstić information content (AvgIpc) is 3.17. The van der Waals surface area contributed by atoms with Crippen LogP contribution < -0.4 is 10.5 Å². The summed E-state index contributed by atoms with van der Waals surface area (Å²) in [7, 11) is -3.89. The van der Waals surface area contributed by atoms with Gasteiger partial charge < -0.3 is 10.3 Å². The fourth-order valence-electron chi connectivity index (χ4n) is 3.61. The number of nitrogens with zero attached hydrogens (tertiary/aromatic N) is 3. The summed E-state index contributed by atoms with van der Waals surface area (Å²) in [5, 5.41) is 0.343. The third-order valence-electron chi connectivity index (χ3n) is 5.22. The SMILES string of the molecule is CC(C)n1cc(C(=O)c2cccc(NS(=O)(=O)Cc3ccc(F)cc3)c2Cl)c2c(N)ncnc21. The lowest BCUT2D eigenvalue weighted by atomic mass is 10.0. The van der Waals surface area contributed by atoms with E-state index < -0.39 is 27.4 Å². The Labute approximate surface area is 200 Å². The zero-order valence-electron chi connectivity index (χ0n) is 18.3. The quantitative estimate of drug-likeness (QED) is 0.358. The van der Waals surface area contributed by atoms with Crippen molar-refractivity contribution >= 4 is 49.9 Å². The van der Waals surface area contributed by atoms with E-state index in [0.717, 1.165) is 0 Å². The molecule has 0 saturated heterocycles. The zero-order chi connectivity index (χ0) is 24.6. The smallest absolute Gasteiger partial charge is 0.236 e. The molecular formula is C23H21ClFN5O3S. The lowest BCUT2D eigenvalue weighted by molar-refractivity contribution is 0.104. The van der Waals surface area contributed by atoms with Crippen molar-refractivity contribution in [1.82, 2.24) is 14.5 Å². The topological polar surface area (TPSA) is 120 Å². The van der Waals surface area contributed by atoms with Gasteiger partial charge in [0.1, 0.15) is 23.6 Å². The molecule has 0 radical (unpaired) electrons. The third-order valence-corrected chi connectivity index (χ3v) is 6.87. The number of rotatable bonds is 7. The van der Waals surface area contributed by atoms with Gasteiger partial charge in [0, 0.05) is 17.8 Å². The largest absolute Gasteiger partial charge is 0.383 e. The highest BCUT2D eigenvalue weighted by Gasteiger charge is 2.24. The molecule has 0 aliphatic carbocycles. The van der Waals surface area contributed by atoms with Gasteiger partial charge in [0.2, 0.25) is 10.0 Å². The summed E-state index contributed by atoms with van der Waals surface area (Å²) in [4.78, 5) is 21.8. The number of fused-ring (bicyclic) bond motifs is 1. The molecule has 0 unspecified atom stereocenters. The van der Waals surface area contributed by atoms with Crippen molar-refractivity contribution in [3.8, 4) is 0 Å². The number of hydrogen-bond acceptors (Lipinski definition) is 6. The second-order valence-corrected chi connectivity index (χ2v) is 10.1. The lowest BCUT2D eigenvalue weighted by Gasteiger charge is -2.12. The molecule has 0 fully saturated rings. The van der Waals surface area contributed by atoms with Gasteiger partial charge in [-0.25, -0.2) is 22.8 Å². The zero-order valence-corrected chi connectivity index (χ0v) is 19.9. The van der Waals surface area contributed by atoms with E-state index in [1.165, 1.54) is 48.8 Å². The van der Waals surface area contributed by atoms with Crippen molar-refractivity contribution in [3.05, 3.63) is 82.5 Å². The first-order valence-electron chi connectivity index (χ1n) is 10.3. The van der Waals surface area contributed by atoms with E-state index in [0.29, 0.717) is 16.6 Å². The van der Waals surface area contributed by atoms with Crippen LogP contribution in [0.5, 0.6) is 0 Å². The number of benzene rings is 2. The highest BCUT2D eigenvalue weighted by atomic mass is 35.5. The second kappa shape index (κ2) is 9.03. The van der Waals surface area contributed by atoms with E-state index in [1.54, 1.807) is 6.20 Å². The van der Waals surface area contributed by atoms with Gasteiger partial charge in [0.05, 0.1) is 27.4 Å². The Hall–Kier alpha value is -3.50. The maximum atomic E-state index is 13.5. The maximum Gasteiger partial charge on any atom is 0.236 e. The van der Waals surface area contributed by atoms with E-state index >= 15 is 0 Å². The molecule has 0 amide bonds. The van der Waals surface area contributed by atoms with Gasteiger partial charge in [-0.3, -0.25) is 9.52 Å². The summed E-state index contributed by atoms with van der Waals surface area (Å²) >= 11 is 6.48. The first kappa shape index (κ1) is 23.7. The number of nitrogens with one attached hydrogen (secondary N) is 1. The standard InChI is InChI=1S/C23H21ClFN5O3S/c1-13(2)30-10-17(19-22(26)27-12-28-23(19)30)21(31)16-4-3-5-18(20(16)24)29-34(32,33)11-14-6-8-15(25)9-7-14/h3-10,12-13,29H,11H2,1-2H3,(H2,26,27,28). The molecule has 0 aliphatic heterocycles. The Morgan fingerprint density at radius 3 is 2.53 bits per heavy atom. The minimum atomic E-state index is -3.89. The Morgan fingerprint density at radius 1 is 1.15 bits per heavy atom. The summed E-state index contributed by atoms with van der Waals surface area (Å²) in [6.07, 6.45) is 2.97. The van der Waals surface area contributed by atoms with Gasteiger partial charge in [-0.05, 0) is 43.7 Å². The molecule has 4 aromatic rings. The van der Waals surface area contributed by atoms with Crippen LogP contribution in [-0.2, 0) is 15.8 Å². The number of halogens is 2. The molecule has 0 saturated carbocycles. The van der Waals surface area contributed by atoms with Gasteiger partial charge in [-0.2, -0.15) is 0 Å². The molecule has 2 aromatic heterocycles. The normalized spacial score (nSPS) is 11.8. The van der Waals surface area contributed by atoms with Crippen LogP contribution in [0.2, 0.25) is 5.02 Å². The highest BCUT2D eigenvalue weighted by Crippen LogP contribution is 2.33. The van der Waals surface area contributed by atoms with E-state index in [1.807, 2.05) is 18.4 Å². The number of aromatic nitrogens is 3. The third kappa shape index (κ3) is 4.59. The number of nitrogen functional groups attached to an aromatic ring is 1. The highest BCUT2D eigenvalue weighted by molar-refractivity contribution is 7.91. The number of nitrogens with two attached hydrogens (primary N) is 1. The summed E-state index contributed by atoms with van der Waals surface area (Å²) in [6.45, 7) is 3.88. The van der Waals surface area contributed by atoms with Crippen molar-refractivity contribution in [2.24, 2.45) is 0 Å². The Bertz CT molecular complexity index is 1500. The lowest BCUT2D eigenvalue weighted by Crippen LogP contribution is -2.16. The summed E-state index contributed by atoms with van der Waals surface area (Å²) in [5.74, 6) is -1.15. The number of carbonyl (C=O) groups excluding carboxylic acids is 1. The molecule has 0 aliphatic rings. The number of sulfonamides is 1. The molecule has 176 valence electrons. The number of hydrogen-bond donors (Lipinski definition) is 2. The Balaban J connectivity index is 1.70. The number of anilines is 2. The molecule has 3 N–H and O–H groups in total. The molecule has 8 nitrogen and oxygen atoms in total. The summed E-state index contributed by atoms with van der Waals surface area (Å²) in [6, 6.07) is 9.60. The molecule has 0 bridgehead atoms. The van der Waals surface area contributed by atoms with E-state index in [-0.39, 0.29) is 33.7 Å². The maximum absolute atomic E-state index is 13.5. The van der Waals surface area contributed by atoms with Crippen LogP contribution >= 0.6 is 11.6 Å². The number of carbonyl (C=O) groups is 1. The summed E-state index contributed by atoms with van der Waals surface area (Å²) < 4.78 is 42.7. The predicted octanol–water partition coefficient (Wildman–Crippen LogP) is 4.56.